The van der Waals surface area contributed by atoms with E-state index in [1.165, 1.54) is 0 Å². The largest absolute Gasteiger partial charge is 0.497 e. The fraction of sp³-hybridized carbons (Fsp3) is 0.394. The molecule has 41 heavy (non-hydrogen) atoms. The van der Waals surface area contributed by atoms with Crippen LogP contribution in [0.2, 0.25) is 18.1 Å². The maximum absolute atomic E-state index is 13.1. The van der Waals surface area contributed by atoms with E-state index >= 15 is 0 Å². The van der Waals surface area contributed by atoms with Gasteiger partial charge in [0, 0.05) is 11.7 Å². The number of nitrogens with one attached hydrogen (secondary N) is 1. The number of carbonyl (C=O) groups excluding carboxylic acids is 1. The predicted molar refractivity (Wildman–Crippen MR) is 171 cm³/mol. The Morgan fingerprint density at radius 1 is 1.05 bits per heavy atom. The summed E-state index contributed by atoms with van der Waals surface area (Å²) in [5.74, 6) is 0.481. The first-order chi connectivity index (χ1) is 19.4. The van der Waals surface area contributed by atoms with E-state index in [-0.39, 0.29) is 28.9 Å². The van der Waals surface area contributed by atoms with Gasteiger partial charge in [0.25, 0.3) is 5.91 Å². The van der Waals surface area contributed by atoms with Gasteiger partial charge in [-0.05, 0) is 96.6 Å². The zero-order valence-corrected chi connectivity index (χ0v) is 26.8. The van der Waals surface area contributed by atoms with Crippen molar-refractivity contribution < 1.29 is 19.1 Å². The van der Waals surface area contributed by atoms with E-state index in [9.17, 15) is 9.90 Å². The molecule has 0 aliphatic heterocycles. The van der Waals surface area contributed by atoms with E-state index < -0.39 is 13.9 Å². The topological polar surface area (TPSA) is 71.0 Å². The lowest BCUT2D eigenvalue weighted by Crippen LogP contribution is -2.54. The van der Waals surface area contributed by atoms with Crippen LogP contribution in [0.15, 0.2) is 78.9 Å². The van der Waals surface area contributed by atoms with Crippen molar-refractivity contribution in [3.8, 4) is 16.9 Å². The Labute approximate surface area is 250 Å². The second kappa shape index (κ2) is 12.4. The summed E-state index contributed by atoms with van der Waals surface area (Å²) in [6, 6.07) is 25.3. The lowest BCUT2D eigenvalue weighted by atomic mass is 9.85. The molecule has 0 saturated heterocycles. The molecule has 2 N–H and O–H groups in total. The Morgan fingerprint density at radius 2 is 1.71 bits per heavy atom. The summed E-state index contributed by atoms with van der Waals surface area (Å²) in [4.78, 5) is 14.8. The average molecular weight is 591 g/mol. The lowest BCUT2D eigenvalue weighted by molar-refractivity contribution is 0.0573. The Morgan fingerprint density at radius 3 is 2.34 bits per heavy atom. The molecule has 8 heteroatoms. The van der Waals surface area contributed by atoms with Crippen molar-refractivity contribution in [1.29, 1.82) is 0 Å². The molecule has 1 amide bonds. The minimum absolute atomic E-state index is 0.00181. The minimum Gasteiger partial charge on any atom is -0.497 e. The molecular formula is C33H42N2O4SSi. The highest BCUT2D eigenvalue weighted by Crippen LogP contribution is 2.48. The van der Waals surface area contributed by atoms with Gasteiger partial charge in [-0.1, -0.05) is 69.3 Å². The zero-order valence-electron chi connectivity index (χ0n) is 24.9. The highest BCUT2D eigenvalue weighted by Gasteiger charge is 2.49. The Bertz CT molecular complexity index is 1370. The standard InChI is InChI=1S/C33H42N2O4SSi/c1-32(2,3)41(5,6)39-29-18-19-33(22-29,35(23-36)31(40)34-30(37)24-12-8-7-9-13-24)27-16-10-14-25(20-27)26-15-11-17-28(21-26)38-4/h7-17,20-21,29,36H,18-19,22-23H2,1-6H3,(H,34,37,40). The van der Waals surface area contributed by atoms with Gasteiger partial charge in [0.2, 0.25) is 0 Å². The van der Waals surface area contributed by atoms with Gasteiger partial charge in [-0.25, -0.2) is 0 Å². The van der Waals surface area contributed by atoms with Gasteiger partial charge in [0.15, 0.2) is 13.4 Å². The van der Waals surface area contributed by atoms with Crippen LogP contribution in [-0.2, 0) is 9.96 Å². The van der Waals surface area contributed by atoms with Crippen LogP contribution in [0.4, 0.5) is 0 Å². The molecule has 4 rings (SSSR count). The number of nitrogens with zero attached hydrogens (tertiary/aromatic N) is 1. The molecule has 0 bridgehead atoms. The third-order valence-electron chi connectivity index (χ3n) is 8.68. The van der Waals surface area contributed by atoms with Crippen molar-refractivity contribution in [1.82, 2.24) is 10.2 Å². The van der Waals surface area contributed by atoms with Crippen LogP contribution in [-0.4, -0.2) is 49.3 Å². The zero-order chi connectivity index (χ0) is 29.8. The summed E-state index contributed by atoms with van der Waals surface area (Å²) >= 11 is 5.81. The fourth-order valence-corrected chi connectivity index (χ4v) is 7.06. The van der Waals surface area contributed by atoms with E-state index in [4.69, 9.17) is 21.4 Å². The van der Waals surface area contributed by atoms with Gasteiger partial charge in [-0.3, -0.25) is 10.1 Å². The second-order valence-corrected chi connectivity index (χ2v) is 17.4. The highest BCUT2D eigenvalue weighted by molar-refractivity contribution is 7.80. The van der Waals surface area contributed by atoms with Crippen molar-refractivity contribution in [2.75, 3.05) is 13.8 Å². The average Bonchev–Trinajstić information content (AvgIpc) is 3.37. The molecule has 218 valence electrons. The maximum Gasteiger partial charge on any atom is 0.257 e. The summed E-state index contributed by atoms with van der Waals surface area (Å²) in [5, 5.41) is 14.0. The molecule has 6 nitrogen and oxygen atoms in total. The van der Waals surface area contributed by atoms with Gasteiger partial charge >= 0.3 is 0 Å². The van der Waals surface area contributed by atoms with Crippen LogP contribution in [0.25, 0.3) is 11.1 Å². The Kier molecular flexibility index (Phi) is 9.38. The SMILES string of the molecule is COc1cccc(-c2cccc(C3(N(CO)C(=S)NC(=O)c4ccccc4)CCC(O[Si](C)(C)C(C)(C)C)C3)c2)c1. The van der Waals surface area contributed by atoms with E-state index in [1.54, 1.807) is 24.1 Å². The molecule has 0 heterocycles. The number of methoxy groups -OCH3 is 1. The number of ether oxygens (including phenoxy) is 1. The van der Waals surface area contributed by atoms with Crippen molar-refractivity contribution in [2.45, 2.75) is 69.8 Å². The smallest absolute Gasteiger partial charge is 0.257 e. The van der Waals surface area contributed by atoms with Crippen LogP contribution in [0.3, 0.4) is 0 Å². The molecule has 0 spiro atoms. The van der Waals surface area contributed by atoms with Crippen molar-refractivity contribution >= 4 is 31.6 Å². The maximum atomic E-state index is 13.1. The number of hydrogen-bond donors (Lipinski definition) is 2. The Balaban J connectivity index is 1.73. The third kappa shape index (κ3) is 6.72. The van der Waals surface area contributed by atoms with Gasteiger partial charge in [0.1, 0.15) is 12.5 Å². The second-order valence-electron chi connectivity index (χ2n) is 12.3. The molecular weight excluding hydrogens is 549 g/mol. The number of benzene rings is 3. The summed E-state index contributed by atoms with van der Waals surface area (Å²) in [6.07, 6.45) is 2.18. The molecule has 3 aromatic carbocycles. The molecule has 0 aromatic heterocycles. The monoisotopic (exact) mass is 590 g/mol. The van der Waals surface area contributed by atoms with Crippen LogP contribution in [0.1, 0.15) is 56.0 Å². The van der Waals surface area contributed by atoms with E-state index in [1.807, 2.05) is 42.5 Å². The van der Waals surface area contributed by atoms with E-state index in [2.05, 4.69) is 63.4 Å². The molecule has 2 atom stereocenters. The molecule has 1 aliphatic carbocycles. The summed E-state index contributed by atoms with van der Waals surface area (Å²) in [6.45, 7) is 10.9. The summed E-state index contributed by atoms with van der Waals surface area (Å²) in [7, 11) is -0.385. The van der Waals surface area contributed by atoms with Gasteiger partial charge in [-0.2, -0.15) is 0 Å². The first-order valence-electron chi connectivity index (χ1n) is 14.1. The molecule has 0 radical (unpaired) electrons. The number of hydrogen-bond acceptors (Lipinski definition) is 5. The van der Waals surface area contributed by atoms with Crippen LogP contribution < -0.4 is 10.1 Å². The van der Waals surface area contributed by atoms with E-state index in [0.717, 1.165) is 35.3 Å². The van der Waals surface area contributed by atoms with Crippen LogP contribution in [0.5, 0.6) is 5.75 Å². The molecule has 1 saturated carbocycles. The molecule has 1 aliphatic rings. The Hall–Kier alpha value is -3.04. The number of carbonyl (C=O) groups is 1. The van der Waals surface area contributed by atoms with Crippen LogP contribution >= 0.6 is 12.2 Å². The normalized spacial score (nSPS) is 19.0. The minimum atomic E-state index is -2.05. The lowest BCUT2D eigenvalue weighted by Gasteiger charge is -2.43. The number of thiocarbonyl (C=S) groups is 1. The molecule has 3 aromatic rings. The molecule has 1 fully saturated rings. The molecule has 2 unspecified atom stereocenters. The number of aliphatic hydroxyl groups excluding tert-OH is 1. The number of amides is 1. The summed E-state index contributed by atoms with van der Waals surface area (Å²) in [5.41, 5.74) is 2.92. The van der Waals surface area contributed by atoms with Crippen LogP contribution in [0, 0.1) is 0 Å². The first-order valence-corrected chi connectivity index (χ1v) is 17.4. The predicted octanol–water partition coefficient (Wildman–Crippen LogP) is 7.10. The van der Waals surface area contributed by atoms with Crippen molar-refractivity contribution in [3.05, 3.63) is 90.0 Å². The van der Waals surface area contributed by atoms with Crippen molar-refractivity contribution in [2.24, 2.45) is 0 Å². The van der Waals surface area contributed by atoms with Crippen molar-refractivity contribution in [3.63, 3.8) is 0 Å². The van der Waals surface area contributed by atoms with Gasteiger partial charge in [-0.15, -0.1) is 0 Å². The first kappa shape index (κ1) is 30.9. The third-order valence-corrected chi connectivity index (χ3v) is 13.5. The van der Waals surface area contributed by atoms with E-state index in [0.29, 0.717) is 12.0 Å². The quantitative estimate of drug-likeness (QED) is 0.166. The van der Waals surface area contributed by atoms with Gasteiger partial charge < -0.3 is 19.2 Å². The summed E-state index contributed by atoms with van der Waals surface area (Å²) < 4.78 is 12.4. The highest BCUT2D eigenvalue weighted by atomic mass is 32.1. The number of aliphatic hydroxyl groups is 1. The fourth-order valence-electron chi connectivity index (χ4n) is 5.35. The van der Waals surface area contributed by atoms with Gasteiger partial charge in [0.05, 0.1) is 12.6 Å². The number of rotatable bonds is 8.